The van der Waals surface area contributed by atoms with E-state index in [0.29, 0.717) is 43.6 Å². The third-order valence-electron chi connectivity index (χ3n) is 7.93. The lowest BCUT2D eigenvalue weighted by molar-refractivity contribution is -0.665. The lowest BCUT2D eigenvalue weighted by Gasteiger charge is -2.29. The molecule has 0 saturated carbocycles. The van der Waals surface area contributed by atoms with E-state index in [2.05, 4.69) is 4.57 Å². The minimum absolute atomic E-state index is 0.0741. The summed E-state index contributed by atoms with van der Waals surface area (Å²) in [5.41, 5.74) is 2.79. The van der Waals surface area contributed by atoms with E-state index in [9.17, 15) is 27.7 Å². The molecule has 1 aromatic heterocycles. The van der Waals surface area contributed by atoms with Gasteiger partial charge in [0.05, 0.1) is 16.0 Å². The number of fused-ring (bicyclic) bond motifs is 2. The standard InChI is InChI=1S/C31H32N2O7S2/c1-4-32-24-10-7-8-11-25(24)41-27(32)18-21-29(36)20(30(21)37)17-26-31(2,3)22-16-19(42(38,39)40)13-14-23(22)33(26)15-9-5-6-12-28(34)35/h7-8,10-11,13-14,16-18H,4-6,9,12,15H2,1-3H3,(H2-,34,35,36,37,38,39,40)/p+1. The number of unbranched alkanes of at least 4 members (excludes halogenated alkanes) is 2. The van der Waals surface area contributed by atoms with Gasteiger partial charge in [-0.05, 0) is 55.7 Å². The van der Waals surface area contributed by atoms with Gasteiger partial charge in [-0.15, -0.1) is 0 Å². The van der Waals surface area contributed by atoms with Crippen molar-refractivity contribution in [1.82, 2.24) is 0 Å². The van der Waals surface area contributed by atoms with Crippen molar-refractivity contribution in [3.63, 3.8) is 0 Å². The lowest BCUT2D eigenvalue weighted by atomic mass is 9.80. The topological polar surface area (TPSA) is 136 Å². The molecule has 5 rings (SSSR count). The Hall–Kier alpha value is -3.80. The highest BCUT2D eigenvalue weighted by Crippen LogP contribution is 2.50. The largest absolute Gasteiger partial charge is 0.506 e. The van der Waals surface area contributed by atoms with Crippen molar-refractivity contribution in [1.29, 1.82) is 0 Å². The number of rotatable bonds is 10. The van der Waals surface area contributed by atoms with Crippen LogP contribution in [0, 0.1) is 0 Å². The fourth-order valence-corrected chi connectivity index (χ4v) is 7.37. The first kappa shape index (κ1) is 29.7. The predicted octanol–water partition coefficient (Wildman–Crippen LogP) is 5.56. The molecule has 0 radical (unpaired) electrons. The van der Waals surface area contributed by atoms with Crippen LogP contribution < -0.4 is 9.47 Å². The van der Waals surface area contributed by atoms with Gasteiger partial charge in [0.2, 0.25) is 11.3 Å². The van der Waals surface area contributed by atoms with Crippen LogP contribution in [-0.2, 0) is 31.7 Å². The highest BCUT2D eigenvalue weighted by atomic mass is 32.2. The maximum atomic E-state index is 13.4. The maximum Gasteiger partial charge on any atom is 0.303 e. The van der Waals surface area contributed by atoms with Crippen molar-refractivity contribution in [2.75, 3.05) is 11.4 Å². The fraction of sp³-hybridized carbons (Fsp3) is 0.323. The third kappa shape index (κ3) is 5.28. The Kier molecular flexibility index (Phi) is 7.86. The zero-order chi connectivity index (χ0) is 30.4. The first-order chi connectivity index (χ1) is 19.8. The number of para-hydroxylation sites is 1. The number of benzene rings is 2. The molecule has 9 nitrogen and oxygen atoms in total. The second-order valence-electron chi connectivity index (χ2n) is 11.0. The van der Waals surface area contributed by atoms with E-state index in [1.165, 1.54) is 12.1 Å². The molecule has 11 heteroatoms. The Balaban J connectivity index is 1.53. The van der Waals surface area contributed by atoms with Gasteiger partial charge < -0.3 is 15.1 Å². The van der Waals surface area contributed by atoms with Crippen LogP contribution in [0.1, 0.15) is 57.0 Å². The number of Topliss-reactive ketones (excluding diaryl/α,β-unsaturated/α-hetero) is 1. The van der Waals surface area contributed by atoms with E-state index in [1.54, 1.807) is 29.6 Å². The van der Waals surface area contributed by atoms with Crippen molar-refractivity contribution in [2.24, 2.45) is 0 Å². The van der Waals surface area contributed by atoms with Crippen LogP contribution in [0.15, 0.2) is 76.0 Å². The van der Waals surface area contributed by atoms with Gasteiger partial charge in [0.15, 0.2) is 0 Å². The Morgan fingerprint density at radius 3 is 2.50 bits per heavy atom. The number of aliphatic hydroxyl groups is 1. The number of nitrogens with zero attached hydrogens (tertiary/aromatic N) is 2. The van der Waals surface area contributed by atoms with Gasteiger partial charge in [-0.25, -0.2) is 0 Å². The van der Waals surface area contributed by atoms with Crippen LogP contribution in [0.25, 0.3) is 16.3 Å². The summed E-state index contributed by atoms with van der Waals surface area (Å²) in [6.07, 6.45) is 5.31. The first-order valence-electron chi connectivity index (χ1n) is 13.8. The van der Waals surface area contributed by atoms with Gasteiger partial charge >= 0.3 is 5.97 Å². The normalized spacial score (nSPS) is 18.3. The van der Waals surface area contributed by atoms with Gasteiger partial charge in [0.25, 0.3) is 15.1 Å². The van der Waals surface area contributed by atoms with Crippen LogP contribution in [0.3, 0.4) is 0 Å². The van der Waals surface area contributed by atoms with E-state index in [1.807, 2.05) is 49.9 Å². The monoisotopic (exact) mass is 609 g/mol. The number of aliphatic carboxylic acids is 1. The molecule has 2 aromatic carbocycles. The molecule has 3 aromatic rings. The number of thiazole rings is 1. The average molecular weight is 610 g/mol. The highest BCUT2D eigenvalue weighted by molar-refractivity contribution is 7.85. The van der Waals surface area contributed by atoms with E-state index in [0.717, 1.165) is 20.9 Å². The number of ketones is 1. The molecule has 1 aliphatic heterocycles. The van der Waals surface area contributed by atoms with Crippen LogP contribution >= 0.6 is 11.3 Å². The molecule has 42 heavy (non-hydrogen) atoms. The molecule has 0 bridgehead atoms. The summed E-state index contributed by atoms with van der Waals surface area (Å²) in [5.74, 6) is -1.23. The molecule has 0 saturated heterocycles. The maximum absolute atomic E-state index is 13.4. The summed E-state index contributed by atoms with van der Waals surface area (Å²) < 4.78 is 36.6. The number of hydrogen-bond donors (Lipinski definition) is 3. The second kappa shape index (κ2) is 11.1. The quantitative estimate of drug-likeness (QED) is 0.118. The number of allylic oxidation sites excluding steroid dienone is 4. The molecule has 2 aliphatic rings. The Morgan fingerprint density at radius 2 is 1.83 bits per heavy atom. The number of aryl methyl sites for hydroxylation is 1. The smallest absolute Gasteiger partial charge is 0.303 e. The van der Waals surface area contributed by atoms with Gasteiger partial charge in [0, 0.05) is 41.9 Å². The van der Waals surface area contributed by atoms with Crippen molar-refractivity contribution < 1.29 is 37.3 Å². The summed E-state index contributed by atoms with van der Waals surface area (Å²) >= 11 is 1.54. The van der Waals surface area contributed by atoms with Crippen molar-refractivity contribution >= 4 is 55.2 Å². The highest BCUT2D eigenvalue weighted by Gasteiger charge is 2.43. The van der Waals surface area contributed by atoms with E-state index >= 15 is 0 Å². The van der Waals surface area contributed by atoms with Crippen molar-refractivity contribution in [2.45, 2.75) is 63.3 Å². The molecule has 0 spiro atoms. The number of carboxylic acid groups (broad SMARTS) is 1. The van der Waals surface area contributed by atoms with Crippen LogP contribution in [0.4, 0.5) is 5.69 Å². The van der Waals surface area contributed by atoms with E-state index in [-0.39, 0.29) is 34.0 Å². The summed E-state index contributed by atoms with van der Waals surface area (Å²) in [6, 6.07) is 12.4. The Morgan fingerprint density at radius 1 is 1.10 bits per heavy atom. The summed E-state index contributed by atoms with van der Waals surface area (Å²) in [6.45, 7) is 7.02. The SMILES string of the molecule is CC[n+]1c(C=C2C(=O)C(C=C3N(CCCCCC(=O)O)c4ccc(S(=O)(=O)O)cc4C3(C)C)=C2O)sc2ccccc21. The van der Waals surface area contributed by atoms with Crippen molar-refractivity contribution in [3.8, 4) is 0 Å². The second-order valence-corrected chi connectivity index (χ2v) is 13.5. The van der Waals surface area contributed by atoms with Crippen LogP contribution in [0.2, 0.25) is 0 Å². The van der Waals surface area contributed by atoms with Gasteiger partial charge in [-0.2, -0.15) is 13.0 Å². The molecule has 0 atom stereocenters. The molecule has 0 fully saturated rings. The van der Waals surface area contributed by atoms with Gasteiger partial charge in [0.1, 0.15) is 17.0 Å². The molecular weight excluding hydrogens is 576 g/mol. The van der Waals surface area contributed by atoms with Gasteiger partial charge in [-0.1, -0.05) is 43.7 Å². The van der Waals surface area contributed by atoms with Crippen LogP contribution in [-0.4, -0.2) is 41.5 Å². The van der Waals surface area contributed by atoms with E-state index < -0.39 is 21.5 Å². The molecule has 0 unspecified atom stereocenters. The minimum atomic E-state index is -4.43. The predicted molar refractivity (Wildman–Crippen MR) is 161 cm³/mol. The molecule has 2 heterocycles. The number of carbonyl (C=O) groups is 2. The number of carboxylic acids is 1. The molecule has 220 valence electrons. The minimum Gasteiger partial charge on any atom is -0.506 e. The third-order valence-corrected chi connectivity index (χ3v) is 9.90. The van der Waals surface area contributed by atoms with Gasteiger partial charge in [-0.3, -0.25) is 14.1 Å². The number of hydrogen-bond acceptors (Lipinski definition) is 7. The first-order valence-corrected chi connectivity index (χ1v) is 16.0. The zero-order valence-corrected chi connectivity index (χ0v) is 25.3. The number of aromatic nitrogens is 1. The summed E-state index contributed by atoms with van der Waals surface area (Å²) in [7, 11) is -4.43. The zero-order valence-electron chi connectivity index (χ0n) is 23.6. The van der Waals surface area contributed by atoms with E-state index in [4.69, 9.17) is 5.11 Å². The molecule has 1 aliphatic carbocycles. The Labute approximate surface area is 248 Å². The molecule has 0 amide bonds. The summed E-state index contributed by atoms with van der Waals surface area (Å²) in [4.78, 5) is 26.1. The van der Waals surface area contributed by atoms with Crippen molar-refractivity contribution in [3.05, 3.63) is 81.7 Å². The number of anilines is 1. The average Bonchev–Trinajstić information content (AvgIpc) is 3.40. The fourth-order valence-electron chi connectivity index (χ4n) is 5.70. The number of carbonyl (C=O) groups excluding carboxylic acids is 1. The summed E-state index contributed by atoms with van der Waals surface area (Å²) in [5, 5.41) is 20.9. The molecule has 3 N–H and O–H groups in total. The number of aliphatic hydroxyl groups excluding tert-OH is 1. The Bertz CT molecular complexity index is 1810. The van der Waals surface area contributed by atoms with Crippen LogP contribution in [0.5, 0.6) is 0 Å². The molecular formula is C31H33N2O7S2+. The lowest BCUT2D eigenvalue weighted by Crippen LogP contribution is -2.34.